The Kier molecular flexibility index (Phi) is 6.80. The van der Waals surface area contributed by atoms with Gasteiger partial charge in [-0.2, -0.15) is 0 Å². The summed E-state index contributed by atoms with van der Waals surface area (Å²) >= 11 is 1.12. The van der Waals surface area contributed by atoms with Crippen LogP contribution in [0.4, 0.5) is 5.69 Å². The molecule has 8 heteroatoms. The van der Waals surface area contributed by atoms with E-state index in [9.17, 15) is 14.4 Å². The summed E-state index contributed by atoms with van der Waals surface area (Å²) < 4.78 is 4.95. The van der Waals surface area contributed by atoms with Crippen molar-refractivity contribution in [3.8, 4) is 11.3 Å². The molecular formula is C21H19N3O4S. The number of carbonyl (C=O) groups excluding carboxylic acids is 2. The number of aromatic nitrogens is 2. The van der Waals surface area contributed by atoms with E-state index < -0.39 is 5.97 Å². The average Bonchev–Trinajstić information content (AvgIpc) is 2.73. The Morgan fingerprint density at radius 3 is 2.66 bits per heavy atom. The van der Waals surface area contributed by atoms with E-state index in [4.69, 9.17) is 4.74 Å². The van der Waals surface area contributed by atoms with E-state index in [1.807, 2.05) is 30.3 Å². The van der Waals surface area contributed by atoms with Crippen molar-refractivity contribution in [1.82, 2.24) is 9.97 Å². The number of ether oxygens (including phenoxy) is 1. The number of thioether (sulfide) groups is 1. The standard InChI is InChI=1S/C21H19N3O4S/c1-2-28-20(27)15-9-6-10-16(11-15)22-19(26)13-29-21-23-17(12-18(25)24-21)14-7-4-3-5-8-14/h3-12H,2,13H2,1H3,(H,22,26)(H,23,24,25). The second kappa shape index (κ2) is 9.70. The molecule has 0 radical (unpaired) electrons. The highest BCUT2D eigenvalue weighted by Gasteiger charge is 2.10. The lowest BCUT2D eigenvalue weighted by atomic mass is 10.1. The molecule has 0 aliphatic rings. The SMILES string of the molecule is CCOC(=O)c1cccc(NC(=O)CSc2nc(-c3ccccc3)cc(=O)[nH]2)c1. The zero-order chi connectivity index (χ0) is 20.6. The van der Waals surface area contributed by atoms with Crippen LogP contribution in [0.2, 0.25) is 0 Å². The summed E-state index contributed by atoms with van der Waals surface area (Å²) in [4.78, 5) is 43.0. The summed E-state index contributed by atoms with van der Waals surface area (Å²) in [6.45, 7) is 2.01. The molecule has 148 valence electrons. The van der Waals surface area contributed by atoms with Crippen molar-refractivity contribution in [3.63, 3.8) is 0 Å². The number of amides is 1. The Morgan fingerprint density at radius 2 is 1.90 bits per heavy atom. The van der Waals surface area contributed by atoms with Crippen LogP contribution in [-0.4, -0.2) is 34.2 Å². The molecule has 29 heavy (non-hydrogen) atoms. The van der Waals surface area contributed by atoms with Gasteiger partial charge in [-0.05, 0) is 25.1 Å². The molecular weight excluding hydrogens is 390 g/mol. The molecule has 1 aromatic heterocycles. The zero-order valence-corrected chi connectivity index (χ0v) is 16.5. The van der Waals surface area contributed by atoms with Crippen LogP contribution in [0.1, 0.15) is 17.3 Å². The van der Waals surface area contributed by atoms with Gasteiger partial charge in [0.1, 0.15) is 0 Å². The quantitative estimate of drug-likeness (QED) is 0.353. The molecule has 2 aromatic carbocycles. The topological polar surface area (TPSA) is 101 Å². The minimum absolute atomic E-state index is 0.0464. The highest BCUT2D eigenvalue weighted by molar-refractivity contribution is 7.99. The van der Waals surface area contributed by atoms with E-state index >= 15 is 0 Å². The Morgan fingerprint density at radius 1 is 1.10 bits per heavy atom. The Hall–Kier alpha value is -3.39. The number of esters is 1. The second-order valence-electron chi connectivity index (χ2n) is 5.94. The van der Waals surface area contributed by atoms with Crippen molar-refractivity contribution in [2.75, 3.05) is 17.7 Å². The van der Waals surface area contributed by atoms with Gasteiger partial charge in [0.05, 0.1) is 23.6 Å². The van der Waals surface area contributed by atoms with E-state index in [2.05, 4.69) is 15.3 Å². The fourth-order valence-electron chi connectivity index (χ4n) is 2.53. The monoisotopic (exact) mass is 409 g/mol. The maximum atomic E-state index is 12.3. The lowest BCUT2D eigenvalue weighted by Gasteiger charge is -2.08. The van der Waals surface area contributed by atoms with Gasteiger partial charge >= 0.3 is 5.97 Å². The van der Waals surface area contributed by atoms with Crippen LogP contribution in [-0.2, 0) is 9.53 Å². The van der Waals surface area contributed by atoms with Crippen molar-refractivity contribution in [2.45, 2.75) is 12.1 Å². The minimum Gasteiger partial charge on any atom is -0.462 e. The molecule has 0 saturated carbocycles. The molecule has 0 bridgehead atoms. The molecule has 0 spiro atoms. The normalized spacial score (nSPS) is 10.4. The molecule has 1 heterocycles. The third-order valence-electron chi connectivity index (χ3n) is 3.79. The van der Waals surface area contributed by atoms with Crippen molar-refractivity contribution in [3.05, 3.63) is 76.6 Å². The number of nitrogens with zero attached hydrogens (tertiary/aromatic N) is 1. The number of benzene rings is 2. The van der Waals surface area contributed by atoms with Crippen LogP contribution in [0.3, 0.4) is 0 Å². The number of carbonyl (C=O) groups is 2. The van der Waals surface area contributed by atoms with E-state index in [0.29, 0.717) is 22.1 Å². The van der Waals surface area contributed by atoms with E-state index in [0.717, 1.165) is 17.3 Å². The third-order valence-corrected chi connectivity index (χ3v) is 4.66. The van der Waals surface area contributed by atoms with Crippen LogP contribution in [0.15, 0.2) is 70.6 Å². The summed E-state index contributed by atoms with van der Waals surface area (Å²) in [5, 5.41) is 3.08. The number of hydrogen-bond acceptors (Lipinski definition) is 6. The zero-order valence-electron chi connectivity index (χ0n) is 15.7. The van der Waals surface area contributed by atoms with Crippen LogP contribution < -0.4 is 10.9 Å². The van der Waals surface area contributed by atoms with Gasteiger partial charge < -0.3 is 15.0 Å². The average molecular weight is 409 g/mol. The molecule has 0 unspecified atom stereocenters. The van der Waals surface area contributed by atoms with E-state index in [1.54, 1.807) is 31.2 Å². The lowest BCUT2D eigenvalue weighted by Crippen LogP contribution is -2.16. The van der Waals surface area contributed by atoms with Gasteiger partial charge in [0.15, 0.2) is 5.16 Å². The van der Waals surface area contributed by atoms with E-state index in [1.165, 1.54) is 6.07 Å². The number of nitrogens with one attached hydrogen (secondary N) is 2. The fourth-order valence-corrected chi connectivity index (χ4v) is 3.21. The molecule has 3 rings (SSSR count). The van der Waals surface area contributed by atoms with Crippen molar-refractivity contribution in [2.24, 2.45) is 0 Å². The number of anilines is 1. The Balaban J connectivity index is 1.64. The molecule has 0 saturated heterocycles. The van der Waals surface area contributed by atoms with Crippen LogP contribution in [0.25, 0.3) is 11.3 Å². The lowest BCUT2D eigenvalue weighted by molar-refractivity contribution is -0.113. The number of aromatic amines is 1. The third kappa shape index (κ3) is 5.79. The van der Waals surface area contributed by atoms with Crippen molar-refractivity contribution >= 4 is 29.3 Å². The largest absolute Gasteiger partial charge is 0.462 e. The summed E-state index contributed by atoms with van der Waals surface area (Å²) in [6, 6.07) is 17.3. The van der Waals surface area contributed by atoms with E-state index in [-0.39, 0.29) is 23.8 Å². The van der Waals surface area contributed by atoms with Crippen molar-refractivity contribution in [1.29, 1.82) is 0 Å². The Bertz CT molecular complexity index is 1070. The maximum Gasteiger partial charge on any atom is 0.338 e. The molecule has 0 fully saturated rings. The smallest absolute Gasteiger partial charge is 0.338 e. The first kappa shape index (κ1) is 20.3. The summed E-state index contributed by atoms with van der Waals surface area (Å²) in [5.41, 5.74) is 1.92. The predicted octanol–water partition coefficient (Wildman–Crippen LogP) is 3.34. The van der Waals surface area contributed by atoms with Crippen LogP contribution >= 0.6 is 11.8 Å². The van der Waals surface area contributed by atoms with Gasteiger partial charge in [0.25, 0.3) is 5.56 Å². The Labute approximate surface area is 171 Å². The highest BCUT2D eigenvalue weighted by atomic mass is 32.2. The van der Waals surface area contributed by atoms with Crippen LogP contribution in [0.5, 0.6) is 0 Å². The first-order valence-corrected chi connectivity index (χ1v) is 9.90. The van der Waals surface area contributed by atoms with Gasteiger partial charge in [0.2, 0.25) is 5.91 Å². The molecule has 3 aromatic rings. The van der Waals surface area contributed by atoms with Gasteiger partial charge in [-0.1, -0.05) is 48.2 Å². The molecule has 0 aliphatic carbocycles. The van der Waals surface area contributed by atoms with Crippen LogP contribution in [0, 0.1) is 0 Å². The van der Waals surface area contributed by atoms with Crippen molar-refractivity contribution < 1.29 is 14.3 Å². The first-order chi connectivity index (χ1) is 14.0. The molecule has 0 atom stereocenters. The molecule has 0 aliphatic heterocycles. The molecule has 7 nitrogen and oxygen atoms in total. The van der Waals surface area contributed by atoms with Gasteiger partial charge in [-0.25, -0.2) is 9.78 Å². The maximum absolute atomic E-state index is 12.3. The van der Waals surface area contributed by atoms with Gasteiger partial charge in [-0.15, -0.1) is 0 Å². The fraction of sp³-hybridized carbons (Fsp3) is 0.143. The van der Waals surface area contributed by atoms with Gasteiger partial charge in [-0.3, -0.25) is 9.59 Å². The summed E-state index contributed by atoms with van der Waals surface area (Å²) in [5.74, 6) is -0.689. The van der Waals surface area contributed by atoms with Gasteiger partial charge in [0, 0.05) is 17.3 Å². The second-order valence-corrected chi connectivity index (χ2v) is 6.90. The molecule has 1 amide bonds. The number of hydrogen-bond donors (Lipinski definition) is 2. The number of rotatable bonds is 7. The summed E-state index contributed by atoms with van der Waals surface area (Å²) in [7, 11) is 0. The highest BCUT2D eigenvalue weighted by Crippen LogP contribution is 2.19. The molecule has 2 N–H and O–H groups in total. The summed E-state index contributed by atoms with van der Waals surface area (Å²) in [6.07, 6.45) is 0. The number of H-pyrrole nitrogens is 1. The first-order valence-electron chi connectivity index (χ1n) is 8.92. The minimum atomic E-state index is -0.447. The predicted molar refractivity (Wildman–Crippen MR) is 112 cm³/mol.